The van der Waals surface area contributed by atoms with Crippen LogP contribution in [0.1, 0.15) is 40.3 Å². The van der Waals surface area contributed by atoms with E-state index < -0.39 is 11.8 Å². The molecule has 0 radical (unpaired) electrons. The minimum absolute atomic E-state index is 0.0993. The predicted molar refractivity (Wildman–Crippen MR) is 119 cm³/mol. The summed E-state index contributed by atoms with van der Waals surface area (Å²) in [6.07, 6.45) is 1.50. The Labute approximate surface area is 187 Å². The Morgan fingerprint density at radius 3 is 2.41 bits per heavy atom. The van der Waals surface area contributed by atoms with Crippen LogP contribution >= 0.6 is 0 Å². The number of aryl methyl sites for hydroxylation is 1. The molecule has 2 aromatic rings. The van der Waals surface area contributed by atoms with Gasteiger partial charge in [0.05, 0.1) is 26.9 Å². The molecule has 9 nitrogen and oxygen atoms in total. The number of aromatic nitrogens is 1. The van der Waals surface area contributed by atoms with Gasteiger partial charge < -0.3 is 18.8 Å². The molecular formula is C23H28N4O5. The number of rotatable bonds is 8. The van der Waals surface area contributed by atoms with Crippen molar-refractivity contribution < 1.29 is 23.8 Å². The van der Waals surface area contributed by atoms with Gasteiger partial charge in [-0.2, -0.15) is 5.26 Å². The van der Waals surface area contributed by atoms with Crippen LogP contribution in [-0.4, -0.2) is 44.3 Å². The molecular weight excluding hydrogens is 412 g/mol. The Kier molecular flexibility index (Phi) is 8.44. The summed E-state index contributed by atoms with van der Waals surface area (Å²) in [5.41, 5.74) is 7.32. The molecule has 9 heteroatoms. The lowest BCUT2D eigenvalue weighted by molar-refractivity contribution is -0.117. The van der Waals surface area contributed by atoms with Crippen molar-refractivity contribution in [2.24, 2.45) is 0 Å². The topological polar surface area (TPSA) is 115 Å². The molecule has 0 saturated carbocycles. The Morgan fingerprint density at radius 2 is 1.81 bits per heavy atom. The Morgan fingerprint density at radius 1 is 1.12 bits per heavy atom. The maximum Gasteiger partial charge on any atom is 0.280 e. The van der Waals surface area contributed by atoms with Crippen molar-refractivity contribution in [1.82, 2.24) is 15.4 Å². The van der Waals surface area contributed by atoms with Crippen LogP contribution in [0, 0.1) is 25.2 Å². The van der Waals surface area contributed by atoms with Gasteiger partial charge in [0.15, 0.2) is 11.5 Å². The summed E-state index contributed by atoms with van der Waals surface area (Å²) >= 11 is 0. The average Bonchev–Trinajstić information content (AvgIpc) is 3.07. The van der Waals surface area contributed by atoms with E-state index in [9.17, 15) is 14.9 Å². The van der Waals surface area contributed by atoms with Crippen molar-refractivity contribution in [3.8, 4) is 17.6 Å². The van der Waals surface area contributed by atoms with Gasteiger partial charge in [-0.05, 0) is 56.7 Å². The third kappa shape index (κ3) is 5.47. The van der Waals surface area contributed by atoms with Gasteiger partial charge in [0, 0.05) is 24.1 Å². The first kappa shape index (κ1) is 24.5. The zero-order valence-corrected chi connectivity index (χ0v) is 19.1. The highest BCUT2D eigenvalue weighted by Crippen LogP contribution is 2.27. The summed E-state index contributed by atoms with van der Waals surface area (Å²) in [6, 6.07) is 8.47. The highest BCUT2D eigenvalue weighted by Gasteiger charge is 2.17. The molecule has 1 atom stereocenters. The van der Waals surface area contributed by atoms with E-state index in [1.807, 2.05) is 32.9 Å². The van der Waals surface area contributed by atoms with E-state index in [4.69, 9.17) is 14.2 Å². The van der Waals surface area contributed by atoms with E-state index >= 15 is 0 Å². The molecule has 0 spiro atoms. The first-order valence-corrected chi connectivity index (χ1v) is 9.89. The average molecular weight is 441 g/mol. The fraction of sp³-hybridized carbons (Fsp3) is 0.348. The van der Waals surface area contributed by atoms with Gasteiger partial charge in [0.25, 0.3) is 11.8 Å². The number of carbonyl (C=O) groups excluding carboxylic acids is 2. The quantitative estimate of drug-likeness (QED) is 0.371. The van der Waals surface area contributed by atoms with Gasteiger partial charge in [-0.3, -0.25) is 20.4 Å². The van der Waals surface area contributed by atoms with Gasteiger partial charge >= 0.3 is 0 Å². The van der Waals surface area contributed by atoms with Gasteiger partial charge in [-0.15, -0.1) is 0 Å². The van der Waals surface area contributed by atoms with Crippen LogP contribution in [0.4, 0.5) is 0 Å². The fourth-order valence-electron chi connectivity index (χ4n) is 3.48. The van der Waals surface area contributed by atoms with Crippen LogP contribution in [0.3, 0.4) is 0 Å². The molecule has 1 aromatic carbocycles. The van der Waals surface area contributed by atoms with E-state index in [1.54, 1.807) is 13.2 Å². The highest BCUT2D eigenvalue weighted by molar-refractivity contribution is 6.03. The second-order valence-electron chi connectivity index (χ2n) is 7.15. The van der Waals surface area contributed by atoms with Crippen LogP contribution in [0.5, 0.6) is 11.5 Å². The largest absolute Gasteiger partial charge is 0.493 e. The van der Waals surface area contributed by atoms with Crippen LogP contribution < -0.4 is 20.3 Å². The number of hydrogen-bond acceptors (Lipinski definition) is 6. The molecule has 0 aliphatic heterocycles. The van der Waals surface area contributed by atoms with Gasteiger partial charge in [0.1, 0.15) is 11.6 Å². The van der Waals surface area contributed by atoms with Gasteiger partial charge in [0.2, 0.25) is 0 Å². The number of nitrogens with zero attached hydrogens (tertiary/aromatic N) is 2. The van der Waals surface area contributed by atoms with Crippen LogP contribution in [-0.2, 0) is 9.53 Å². The number of nitriles is 1. The molecule has 0 saturated heterocycles. The maximum atomic E-state index is 12.5. The molecule has 2 rings (SSSR count). The molecule has 0 fully saturated rings. The van der Waals surface area contributed by atoms with Crippen molar-refractivity contribution in [3.63, 3.8) is 0 Å². The van der Waals surface area contributed by atoms with E-state index in [2.05, 4.69) is 15.4 Å². The van der Waals surface area contributed by atoms with E-state index in [0.29, 0.717) is 18.1 Å². The summed E-state index contributed by atoms with van der Waals surface area (Å²) in [6.45, 7) is 6.43. The molecule has 0 aliphatic carbocycles. The van der Waals surface area contributed by atoms with Gasteiger partial charge in [-0.25, -0.2) is 0 Å². The summed E-state index contributed by atoms with van der Waals surface area (Å²) < 4.78 is 17.6. The van der Waals surface area contributed by atoms with Crippen molar-refractivity contribution in [1.29, 1.82) is 5.26 Å². The highest BCUT2D eigenvalue weighted by atomic mass is 16.5. The van der Waals surface area contributed by atoms with Crippen molar-refractivity contribution in [2.45, 2.75) is 26.8 Å². The minimum Gasteiger partial charge on any atom is -0.493 e. The Bertz CT molecular complexity index is 1070. The molecule has 2 N–H and O–H groups in total. The maximum absolute atomic E-state index is 12.5. The Hall–Kier alpha value is -3.77. The molecule has 170 valence electrons. The van der Waals surface area contributed by atoms with E-state index in [0.717, 1.165) is 17.0 Å². The second kappa shape index (κ2) is 11.0. The number of methoxy groups -OCH3 is 3. The summed E-state index contributed by atoms with van der Waals surface area (Å²) in [7, 11) is 4.58. The minimum atomic E-state index is -0.726. The lowest BCUT2D eigenvalue weighted by Gasteiger charge is -2.17. The van der Waals surface area contributed by atoms with Crippen molar-refractivity contribution in [2.75, 3.05) is 27.9 Å². The van der Waals surface area contributed by atoms with Crippen LogP contribution in [0.15, 0.2) is 29.8 Å². The van der Waals surface area contributed by atoms with E-state index in [-0.39, 0.29) is 17.2 Å². The number of hydrogen-bond donors (Lipinski definition) is 2. The predicted octanol–water partition coefficient (Wildman–Crippen LogP) is 2.70. The number of carbonyl (C=O) groups is 2. The van der Waals surface area contributed by atoms with Crippen molar-refractivity contribution >= 4 is 17.9 Å². The number of hydrazine groups is 1. The van der Waals surface area contributed by atoms with Crippen LogP contribution in [0.2, 0.25) is 0 Å². The second-order valence-corrected chi connectivity index (χ2v) is 7.15. The molecule has 0 aliphatic rings. The number of benzene rings is 1. The standard InChI is InChI=1S/C23H28N4O5/c1-14-9-18(16(3)27(14)15(2)13-30-4)10-19(12-24)23(29)26-25-22(28)17-7-8-20(31-5)21(11-17)32-6/h7-11,15H,13H2,1-6H3,(H,25,28)(H,26,29)/b19-10-. The lowest BCUT2D eigenvalue weighted by Crippen LogP contribution is -2.42. The summed E-state index contributed by atoms with van der Waals surface area (Å²) in [5.74, 6) is -0.443. The number of nitrogens with one attached hydrogen (secondary N) is 2. The fourth-order valence-corrected chi connectivity index (χ4v) is 3.48. The SMILES string of the molecule is COCC(C)n1c(C)cc(/C=C(/C#N)C(=O)NNC(=O)c2ccc(OC)c(OC)c2)c1C. The molecule has 2 amide bonds. The van der Waals surface area contributed by atoms with Gasteiger partial charge in [-0.1, -0.05) is 0 Å². The summed E-state index contributed by atoms with van der Waals surface area (Å²) in [5, 5.41) is 9.48. The normalized spacial score (nSPS) is 12.0. The summed E-state index contributed by atoms with van der Waals surface area (Å²) in [4.78, 5) is 24.9. The number of ether oxygens (including phenoxy) is 3. The first-order valence-electron chi connectivity index (χ1n) is 9.89. The molecule has 32 heavy (non-hydrogen) atoms. The third-order valence-corrected chi connectivity index (χ3v) is 4.97. The molecule has 1 heterocycles. The number of amides is 2. The first-order chi connectivity index (χ1) is 15.3. The zero-order valence-electron chi connectivity index (χ0n) is 19.1. The van der Waals surface area contributed by atoms with Crippen LogP contribution in [0.25, 0.3) is 6.08 Å². The van der Waals surface area contributed by atoms with E-state index in [1.165, 1.54) is 32.4 Å². The molecule has 1 unspecified atom stereocenters. The molecule has 0 bridgehead atoms. The zero-order chi connectivity index (χ0) is 23.8. The molecule has 1 aromatic heterocycles. The van der Waals surface area contributed by atoms with Crippen molar-refractivity contribution in [3.05, 3.63) is 52.4 Å². The monoisotopic (exact) mass is 440 g/mol. The third-order valence-electron chi connectivity index (χ3n) is 4.97. The lowest BCUT2D eigenvalue weighted by atomic mass is 10.1. The Balaban J connectivity index is 2.15. The smallest absolute Gasteiger partial charge is 0.280 e.